The van der Waals surface area contributed by atoms with E-state index in [-0.39, 0.29) is 23.4 Å². The highest BCUT2D eigenvalue weighted by molar-refractivity contribution is 6.52. The van der Waals surface area contributed by atoms with Gasteiger partial charge in [0.2, 0.25) is 11.6 Å². The smallest absolute Gasteiger partial charge is 0.234 e. The summed E-state index contributed by atoms with van der Waals surface area (Å²) in [5.41, 5.74) is 0.914. The number of aliphatic hydroxyl groups is 1. The Hall–Kier alpha value is -1.94. The van der Waals surface area contributed by atoms with Crippen molar-refractivity contribution in [3.8, 4) is 0 Å². The first-order valence-electron chi connectivity index (χ1n) is 7.98. The van der Waals surface area contributed by atoms with Crippen molar-refractivity contribution >= 4 is 17.3 Å². The molecule has 118 valence electrons. The Bertz CT molecular complexity index is 590. The number of carbonyl (C=O) groups is 2. The molecule has 1 aliphatic carbocycles. The predicted octanol–water partition coefficient (Wildman–Crippen LogP) is 3.28. The third-order valence-electron chi connectivity index (χ3n) is 3.95. The molecule has 0 atom stereocenters. The van der Waals surface area contributed by atoms with Gasteiger partial charge in [-0.25, -0.2) is 0 Å². The lowest BCUT2D eigenvalue weighted by Gasteiger charge is -2.18. The number of ketones is 2. The number of Topliss-reactive ketones (excluding diaryl/α,β-unsaturated/α-hetero) is 2. The first-order valence-corrected chi connectivity index (χ1v) is 7.98. The fourth-order valence-corrected chi connectivity index (χ4v) is 2.65. The molecule has 0 unspecified atom stereocenters. The molecule has 1 aromatic carbocycles. The van der Waals surface area contributed by atoms with Crippen molar-refractivity contribution in [2.24, 2.45) is 0 Å². The molecule has 0 aliphatic heterocycles. The molecule has 1 aromatic rings. The van der Waals surface area contributed by atoms with E-state index in [9.17, 15) is 14.7 Å². The van der Waals surface area contributed by atoms with Crippen molar-refractivity contribution in [1.29, 1.82) is 0 Å². The molecule has 0 spiro atoms. The number of fused-ring (bicyclic) bond motifs is 1. The van der Waals surface area contributed by atoms with Crippen molar-refractivity contribution in [2.75, 3.05) is 13.1 Å². The number of hydrogen-bond donors (Lipinski definition) is 2. The third kappa shape index (κ3) is 3.63. The lowest BCUT2D eigenvalue weighted by molar-refractivity contribution is -0.112. The highest BCUT2D eigenvalue weighted by Gasteiger charge is 2.31. The molecule has 0 amide bonds. The minimum Gasteiger partial charge on any atom is -0.507 e. The number of carbonyl (C=O) groups excluding carboxylic acids is 2. The van der Waals surface area contributed by atoms with E-state index in [2.05, 4.69) is 12.2 Å². The van der Waals surface area contributed by atoms with Gasteiger partial charge in [-0.15, -0.1) is 0 Å². The van der Waals surface area contributed by atoms with Crippen LogP contribution in [0.15, 0.2) is 29.8 Å². The van der Waals surface area contributed by atoms with Gasteiger partial charge >= 0.3 is 0 Å². The Morgan fingerprint density at radius 1 is 0.955 bits per heavy atom. The molecule has 0 fully saturated rings. The summed E-state index contributed by atoms with van der Waals surface area (Å²) < 4.78 is 0. The van der Waals surface area contributed by atoms with E-state index >= 15 is 0 Å². The average Bonchev–Trinajstić information content (AvgIpc) is 2.54. The summed E-state index contributed by atoms with van der Waals surface area (Å²) >= 11 is 0. The monoisotopic (exact) mass is 301 g/mol. The highest BCUT2D eigenvalue weighted by Crippen LogP contribution is 2.27. The number of aliphatic hydroxyl groups excluding tert-OH is 1. The van der Waals surface area contributed by atoms with Gasteiger partial charge in [-0.3, -0.25) is 9.59 Å². The fraction of sp³-hybridized carbons (Fsp3) is 0.444. The summed E-state index contributed by atoms with van der Waals surface area (Å²) in [6.07, 6.45) is 5.87. The van der Waals surface area contributed by atoms with Gasteiger partial charge < -0.3 is 10.4 Å². The maximum atomic E-state index is 12.1. The van der Waals surface area contributed by atoms with Crippen LogP contribution in [-0.4, -0.2) is 29.8 Å². The van der Waals surface area contributed by atoms with Gasteiger partial charge in [-0.05, 0) is 13.0 Å². The SMILES string of the molecule is CCCCCCCNCC1=C(O)c2ccccc2C(=O)C1=O. The summed E-state index contributed by atoms with van der Waals surface area (Å²) in [5, 5.41) is 13.4. The Morgan fingerprint density at radius 3 is 2.36 bits per heavy atom. The molecule has 0 aromatic heterocycles. The molecule has 4 nitrogen and oxygen atoms in total. The second kappa shape index (κ2) is 7.90. The standard InChI is InChI=1S/C18H23NO3/c1-2-3-4-5-8-11-19-12-15-16(20)13-9-6-7-10-14(13)17(21)18(15)22/h6-7,9-10,19-20H,2-5,8,11-12H2,1H3. The zero-order valence-electron chi connectivity index (χ0n) is 13.0. The Kier molecular flexibility index (Phi) is 5.90. The number of unbranched alkanes of at least 4 members (excludes halogenated alkanes) is 4. The van der Waals surface area contributed by atoms with Gasteiger partial charge in [0, 0.05) is 17.7 Å². The van der Waals surface area contributed by atoms with E-state index in [4.69, 9.17) is 0 Å². The molecule has 0 saturated heterocycles. The maximum Gasteiger partial charge on any atom is 0.234 e. The first kappa shape index (κ1) is 16.4. The summed E-state index contributed by atoms with van der Waals surface area (Å²) in [6, 6.07) is 6.68. The maximum absolute atomic E-state index is 12.1. The normalized spacial score (nSPS) is 14.4. The first-order chi connectivity index (χ1) is 10.7. The van der Waals surface area contributed by atoms with Gasteiger partial charge in [0.05, 0.1) is 5.57 Å². The van der Waals surface area contributed by atoms with Crippen LogP contribution in [0, 0.1) is 0 Å². The zero-order chi connectivity index (χ0) is 15.9. The molecule has 2 rings (SSSR count). The number of rotatable bonds is 8. The van der Waals surface area contributed by atoms with Crippen molar-refractivity contribution < 1.29 is 14.7 Å². The van der Waals surface area contributed by atoms with Crippen LogP contribution in [0.3, 0.4) is 0 Å². The van der Waals surface area contributed by atoms with Crippen LogP contribution in [0.1, 0.15) is 54.9 Å². The second-order valence-electron chi connectivity index (χ2n) is 5.62. The summed E-state index contributed by atoms with van der Waals surface area (Å²) in [4.78, 5) is 24.2. The zero-order valence-corrected chi connectivity index (χ0v) is 13.0. The van der Waals surface area contributed by atoms with Crippen LogP contribution < -0.4 is 5.32 Å². The highest BCUT2D eigenvalue weighted by atomic mass is 16.3. The molecule has 0 radical (unpaired) electrons. The molecular weight excluding hydrogens is 278 g/mol. The van der Waals surface area contributed by atoms with E-state index in [1.54, 1.807) is 24.3 Å². The molecule has 22 heavy (non-hydrogen) atoms. The largest absolute Gasteiger partial charge is 0.507 e. The minimum absolute atomic E-state index is 0.0707. The van der Waals surface area contributed by atoms with Crippen molar-refractivity contribution in [1.82, 2.24) is 5.32 Å². The van der Waals surface area contributed by atoms with Crippen LogP contribution >= 0.6 is 0 Å². The van der Waals surface area contributed by atoms with Crippen LogP contribution in [0.2, 0.25) is 0 Å². The molecular formula is C18H23NO3. The molecule has 4 heteroatoms. The van der Waals surface area contributed by atoms with Crippen molar-refractivity contribution in [3.05, 3.63) is 41.0 Å². The summed E-state index contributed by atoms with van der Waals surface area (Å²) in [7, 11) is 0. The van der Waals surface area contributed by atoms with Gasteiger partial charge in [0.15, 0.2) is 0 Å². The second-order valence-corrected chi connectivity index (χ2v) is 5.62. The van der Waals surface area contributed by atoms with E-state index in [1.807, 2.05) is 0 Å². The topological polar surface area (TPSA) is 66.4 Å². The van der Waals surface area contributed by atoms with Gasteiger partial charge in [0.1, 0.15) is 5.76 Å². The quantitative estimate of drug-likeness (QED) is 0.571. The third-order valence-corrected chi connectivity index (χ3v) is 3.95. The number of hydrogen-bond acceptors (Lipinski definition) is 4. The van der Waals surface area contributed by atoms with Crippen LogP contribution in [-0.2, 0) is 4.79 Å². The fourth-order valence-electron chi connectivity index (χ4n) is 2.65. The Labute approximate surface area is 131 Å². The van der Waals surface area contributed by atoms with Gasteiger partial charge in [-0.2, -0.15) is 0 Å². The lowest BCUT2D eigenvalue weighted by atomic mass is 9.88. The average molecular weight is 301 g/mol. The van der Waals surface area contributed by atoms with E-state index < -0.39 is 11.6 Å². The van der Waals surface area contributed by atoms with Crippen LogP contribution in [0.5, 0.6) is 0 Å². The predicted molar refractivity (Wildman–Crippen MR) is 87.0 cm³/mol. The lowest BCUT2D eigenvalue weighted by Crippen LogP contribution is -2.30. The van der Waals surface area contributed by atoms with E-state index in [1.165, 1.54) is 19.3 Å². The number of nitrogens with one attached hydrogen (secondary N) is 1. The van der Waals surface area contributed by atoms with Crippen LogP contribution in [0.25, 0.3) is 5.76 Å². The summed E-state index contributed by atoms with van der Waals surface area (Å²) in [5.74, 6) is -1.21. The molecule has 2 N–H and O–H groups in total. The Balaban J connectivity index is 1.95. The van der Waals surface area contributed by atoms with Crippen molar-refractivity contribution in [3.63, 3.8) is 0 Å². The van der Waals surface area contributed by atoms with Crippen LogP contribution in [0.4, 0.5) is 0 Å². The van der Waals surface area contributed by atoms with Gasteiger partial charge in [-0.1, -0.05) is 56.9 Å². The molecule has 0 saturated carbocycles. The van der Waals surface area contributed by atoms with E-state index in [0.717, 1.165) is 19.4 Å². The van der Waals surface area contributed by atoms with Crippen molar-refractivity contribution in [2.45, 2.75) is 39.0 Å². The van der Waals surface area contributed by atoms with E-state index in [0.29, 0.717) is 5.56 Å². The minimum atomic E-state index is -0.602. The molecule has 0 bridgehead atoms. The number of benzene rings is 1. The van der Waals surface area contributed by atoms with Gasteiger partial charge in [0.25, 0.3) is 0 Å². The summed E-state index contributed by atoms with van der Waals surface area (Å²) in [6.45, 7) is 3.19. The molecule has 0 heterocycles. The molecule has 1 aliphatic rings. The Morgan fingerprint density at radius 2 is 1.64 bits per heavy atom.